The lowest BCUT2D eigenvalue weighted by atomic mass is 10.3. The van der Waals surface area contributed by atoms with E-state index < -0.39 is 0 Å². The Labute approximate surface area is 79.2 Å². The molecule has 0 unspecified atom stereocenters. The lowest BCUT2D eigenvalue weighted by Crippen LogP contribution is -2.14. The predicted octanol–water partition coefficient (Wildman–Crippen LogP) is 1.10. The molecule has 13 heavy (non-hydrogen) atoms. The summed E-state index contributed by atoms with van der Waals surface area (Å²) in [6.45, 7) is 4.77. The van der Waals surface area contributed by atoms with Crippen molar-refractivity contribution in [2.75, 3.05) is 0 Å². The van der Waals surface area contributed by atoms with E-state index in [2.05, 4.69) is 24.0 Å². The quantitative estimate of drug-likeness (QED) is 0.741. The highest BCUT2D eigenvalue weighted by molar-refractivity contribution is 4.96. The van der Waals surface area contributed by atoms with Crippen LogP contribution in [0.15, 0.2) is 0 Å². The van der Waals surface area contributed by atoms with Crippen molar-refractivity contribution < 1.29 is 0 Å². The van der Waals surface area contributed by atoms with Crippen molar-refractivity contribution in [1.29, 1.82) is 0 Å². The molecular weight excluding hydrogens is 164 g/mol. The minimum absolute atomic E-state index is 0.498. The minimum atomic E-state index is 0.498. The average Bonchev–Trinajstić information content (AvgIpc) is 2.49. The molecule has 0 aliphatic rings. The number of rotatable bonds is 5. The van der Waals surface area contributed by atoms with Crippen LogP contribution < -0.4 is 5.73 Å². The summed E-state index contributed by atoms with van der Waals surface area (Å²) in [5, 5.41) is 8.26. The maximum Gasteiger partial charge on any atom is 0.134 e. The SMILES string of the molecule is CCCc1nnc(CCC)n1CN. The van der Waals surface area contributed by atoms with E-state index in [1.54, 1.807) is 0 Å². The van der Waals surface area contributed by atoms with Gasteiger partial charge < -0.3 is 10.3 Å². The van der Waals surface area contributed by atoms with Crippen molar-refractivity contribution in [2.45, 2.75) is 46.2 Å². The van der Waals surface area contributed by atoms with Crippen molar-refractivity contribution in [3.05, 3.63) is 11.6 Å². The number of nitrogens with two attached hydrogens (primary N) is 1. The van der Waals surface area contributed by atoms with Gasteiger partial charge in [0, 0.05) is 12.8 Å². The zero-order valence-corrected chi connectivity index (χ0v) is 8.45. The molecule has 0 saturated carbocycles. The van der Waals surface area contributed by atoms with Crippen LogP contribution in [0.1, 0.15) is 38.3 Å². The minimum Gasteiger partial charge on any atom is -0.314 e. The molecule has 0 radical (unpaired) electrons. The molecule has 4 heteroatoms. The molecule has 0 amide bonds. The maximum absolute atomic E-state index is 5.64. The third-order valence-electron chi connectivity index (χ3n) is 2.03. The largest absolute Gasteiger partial charge is 0.314 e. The first-order chi connectivity index (χ1) is 6.33. The zero-order chi connectivity index (χ0) is 9.68. The van der Waals surface area contributed by atoms with E-state index in [0.717, 1.165) is 37.3 Å². The van der Waals surface area contributed by atoms with Gasteiger partial charge in [-0.1, -0.05) is 13.8 Å². The van der Waals surface area contributed by atoms with Crippen LogP contribution in [0.5, 0.6) is 0 Å². The molecule has 0 atom stereocenters. The van der Waals surface area contributed by atoms with Crippen LogP contribution in [0, 0.1) is 0 Å². The Balaban J connectivity index is 2.82. The topological polar surface area (TPSA) is 56.7 Å². The molecule has 0 aliphatic carbocycles. The van der Waals surface area contributed by atoms with Gasteiger partial charge in [0.2, 0.25) is 0 Å². The highest BCUT2D eigenvalue weighted by Crippen LogP contribution is 2.05. The first-order valence-electron chi connectivity index (χ1n) is 4.94. The van der Waals surface area contributed by atoms with Gasteiger partial charge in [0.05, 0.1) is 6.67 Å². The normalized spacial score (nSPS) is 10.7. The van der Waals surface area contributed by atoms with Crippen LogP contribution in [0.4, 0.5) is 0 Å². The molecule has 1 rings (SSSR count). The molecular formula is C9H18N4. The fraction of sp³-hybridized carbons (Fsp3) is 0.778. The molecule has 4 nitrogen and oxygen atoms in total. The summed E-state index contributed by atoms with van der Waals surface area (Å²) in [5.74, 6) is 2.04. The monoisotopic (exact) mass is 182 g/mol. The Bertz CT molecular complexity index is 231. The van der Waals surface area contributed by atoms with Gasteiger partial charge in [0.15, 0.2) is 0 Å². The van der Waals surface area contributed by atoms with Crippen LogP contribution >= 0.6 is 0 Å². The third kappa shape index (κ3) is 2.28. The van der Waals surface area contributed by atoms with Gasteiger partial charge in [-0.25, -0.2) is 0 Å². The third-order valence-corrected chi connectivity index (χ3v) is 2.03. The first kappa shape index (κ1) is 10.2. The van der Waals surface area contributed by atoms with E-state index in [-0.39, 0.29) is 0 Å². The van der Waals surface area contributed by atoms with E-state index >= 15 is 0 Å². The summed E-state index contributed by atoms with van der Waals surface area (Å²) in [6, 6.07) is 0. The Morgan fingerprint density at radius 3 is 1.85 bits per heavy atom. The number of hydrogen-bond acceptors (Lipinski definition) is 3. The summed E-state index contributed by atoms with van der Waals surface area (Å²) in [5.41, 5.74) is 5.64. The van der Waals surface area contributed by atoms with E-state index in [9.17, 15) is 0 Å². The summed E-state index contributed by atoms with van der Waals surface area (Å²) < 4.78 is 2.02. The highest BCUT2D eigenvalue weighted by atomic mass is 15.3. The summed E-state index contributed by atoms with van der Waals surface area (Å²) in [7, 11) is 0. The van der Waals surface area contributed by atoms with Gasteiger partial charge in [-0.3, -0.25) is 0 Å². The zero-order valence-electron chi connectivity index (χ0n) is 8.45. The summed E-state index contributed by atoms with van der Waals surface area (Å²) in [4.78, 5) is 0. The van der Waals surface area contributed by atoms with Crippen molar-refractivity contribution in [3.8, 4) is 0 Å². The Hall–Kier alpha value is -0.900. The molecule has 0 aromatic carbocycles. The molecule has 1 heterocycles. The second-order valence-electron chi connectivity index (χ2n) is 3.14. The van der Waals surface area contributed by atoms with E-state index in [1.165, 1.54) is 0 Å². The van der Waals surface area contributed by atoms with Gasteiger partial charge >= 0.3 is 0 Å². The lowest BCUT2D eigenvalue weighted by molar-refractivity contribution is 0.626. The van der Waals surface area contributed by atoms with Crippen molar-refractivity contribution in [3.63, 3.8) is 0 Å². The Morgan fingerprint density at radius 2 is 1.54 bits per heavy atom. The second-order valence-corrected chi connectivity index (χ2v) is 3.14. The number of aryl methyl sites for hydroxylation is 2. The molecule has 0 spiro atoms. The molecule has 2 N–H and O–H groups in total. The molecule has 1 aromatic heterocycles. The number of nitrogens with zero attached hydrogens (tertiary/aromatic N) is 3. The fourth-order valence-corrected chi connectivity index (χ4v) is 1.40. The van der Waals surface area contributed by atoms with Gasteiger partial charge in [0.1, 0.15) is 11.6 Å². The molecule has 0 bridgehead atoms. The predicted molar refractivity (Wildman–Crippen MR) is 52.2 cm³/mol. The lowest BCUT2D eigenvalue weighted by Gasteiger charge is -2.05. The summed E-state index contributed by atoms with van der Waals surface area (Å²) in [6.07, 6.45) is 4.11. The smallest absolute Gasteiger partial charge is 0.134 e. The van der Waals surface area contributed by atoms with Crippen LogP contribution in [0.2, 0.25) is 0 Å². The van der Waals surface area contributed by atoms with Gasteiger partial charge in [0.25, 0.3) is 0 Å². The highest BCUT2D eigenvalue weighted by Gasteiger charge is 2.08. The molecule has 0 saturated heterocycles. The Kier molecular flexibility index (Phi) is 3.89. The standard InChI is InChI=1S/C9H18N4/c1-3-5-8-11-12-9(6-4-2)13(8)7-10/h3-7,10H2,1-2H3. The van der Waals surface area contributed by atoms with Crippen LogP contribution in [-0.2, 0) is 19.5 Å². The second kappa shape index (κ2) is 4.97. The molecule has 74 valence electrons. The number of aromatic nitrogens is 3. The van der Waals surface area contributed by atoms with Gasteiger partial charge in [-0.15, -0.1) is 10.2 Å². The van der Waals surface area contributed by atoms with Crippen LogP contribution in [-0.4, -0.2) is 14.8 Å². The van der Waals surface area contributed by atoms with Crippen LogP contribution in [0.25, 0.3) is 0 Å². The Morgan fingerprint density at radius 1 is 1.08 bits per heavy atom. The summed E-state index contributed by atoms with van der Waals surface area (Å²) >= 11 is 0. The first-order valence-corrected chi connectivity index (χ1v) is 4.94. The number of hydrogen-bond donors (Lipinski definition) is 1. The maximum atomic E-state index is 5.64. The fourth-order valence-electron chi connectivity index (χ4n) is 1.40. The van der Waals surface area contributed by atoms with Crippen molar-refractivity contribution in [2.24, 2.45) is 5.73 Å². The van der Waals surface area contributed by atoms with E-state index in [0.29, 0.717) is 6.67 Å². The van der Waals surface area contributed by atoms with Crippen LogP contribution in [0.3, 0.4) is 0 Å². The van der Waals surface area contributed by atoms with Crippen molar-refractivity contribution in [1.82, 2.24) is 14.8 Å². The van der Waals surface area contributed by atoms with Crippen molar-refractivity contribution >= 4 is 0 Å². The van der Waals surface area contributed by atoms with Gasteiger partial charge in [-0.05, 0) is 12.8 Å². The molecule has 0 fully saturated rings. The molecule has 1 aromatic rings. The average molecular weight is 182 g/mol. The van der Waals surface area contributed by atoms with E-state index in [4.69, 9.17) is 5.73 Å². The molecule has 0 aliphatic heterocycles. The van der Waals surface area contributed by atoms with E-state index in [1.807, 2.05) is 4.57 Å². The van der Waals surface area contributed by atoms with Gasteiger partial charge in [-0.2, -0.15) is 0 Å².